The molecule has 16 aromatic carbocycles. The summed E-state index contributed by atoms with van der Waals surface area (Å²) in [5.41, 5.74) is 14.3. The van der Waals surface area contributed by atoms with Gasteiger partial charge in [0.2, 0.25) is 0 Å². The number of aromatic hydroxyl groups is 5. The monoisotopic (exact) mass is 1780 g/mol. The first-order chi connectivity index (χ1) is 64.8. The fourth-order valence-electron chi connectivity index (χ4n) is 16.4. The maximum absolute atomic E-state index is 11.7. The number of benzene rings is 16. The summed E-state index contributed by atoms with van der Waals surface area (Å²) < 4.78 is 0. The zero-order valence-electron chi connectivity index (χ0n) is 78.6. The molecular weight excluding hydrogens is 1660 g/mol. The summed E-state index contributed by atoms with van der Waals surface area (Å²) in [5, 5.41) is 113. The fraction of sp³-hybridized carbons (Fsp3) is 0.235. The van der Waals surface area contributed by atoms with Gasteiger partial charge in [-0.1, -0.05) is 380 Å². The van der Waals surface area contributed by atoms with Gasteiger partial charge in [0, 0.05) is 97.7 Å². The molecule has 10 N–H and O–H groups in total. The van der Waals surface area contributed by atoms with Crippen molar-refractivity contribution in [1.29, 1.82) is 0 Å². The molecule has 0 aliphatic rings. The molecule has 0 amide bonds. The summed E-state index contributed by atoms with van der Waals surface area (Å²) in [5.74, 6) is 2.24. The molecule has 0 saturated heterocycles. The average molecular weight is 1790 g/mol. The van der Waals surface area contributed by atoms with Crippen LogP contribution in [0.25, 0.3) is 109 Å². The fourth-order valence-corrected chi connectivity index (χ4v) is 16.4. The molecule has 5 atom stereocenters. The van der Waals surface area contributed by atoms with Crippen molar-refractivity contribution in [3.8, 4) is 84.4 Å². The lowest BCUT2D eigenvalue weighted by molar-refractivity contribution is 0.240. The quantitative estimate of drug-likeness (QED) is 0.0218. The van der Waals surface area contributed by atoms with E-state index in [0.29, 0.717) is 27.8 Å². The van der Waals surface area contributed by atoms with Crippen molar-refractivity contribution in [3.05, 3.63) is 367 Å². The highest BCUT2D eigenvalue weighted by Gasteiger charge is 2.28. The van der Waals surface area contributed by atoms with E-state index in [0.717, 1.165) is 121 Å². The van der Waals surface area contributed by atoms with Gasteiger partial charge < -0.3 is 51.1 Å². The van der Waals surface area contributed by atoms with Crippen LogP contribution in [0.3, 0.4) is 0 Å². The minimum absolute atomic E-state index is 0.00204. The molecule has 134 heavy (non-hydrogen) atoms. The highest BCUT2D eigenvalue weighted by Crippen LogP contribution is 2.48. The second-order valence-electron chi connectivity index (χ2n) is 35.9. The summed E-state index contributed by atoms with van der Waals surface area (Å²) in [6.07, 6.45) is 8.37. The van der Waals surface area contributed by atoms with Crippen molar-refractivity contribution in [2.45, 2.75) is 119 Å². The van der Waals surface area contributed by atoms with E-state index in [2.05, 4.69) is 142 Å². The number of aliphatic hydroxyl groups excluding tert-OH is 5. The van der Waals surface area contributed by atoms with Crippen molar-refractivity contribution >= 4 is 84.9 Å². The van der Waals surface area contributed by atoms with Crippen molar-refractivity contribution in [1.82, 2.24) is 0 Å². The van der Waals surface area contributed by atoms with Crippen molar-refractivity contribution in [3.63, 3.8) is 0 Å². The lowest BCUT2D eigenvalue weighted by Crippen LogP contribution is -2.20. The normalized spacial score (nSPS) is 13.0. The van der Waals surface area contributed by atoms with Crippen LogP contribution in [0.1, 0.15) is 122 Å². The van der Waals surface area contributed by atoms with Crippen molar-refractivity contribution in [2.75, 3.05) is 33.0 Å². The molecule has 0 bridgehead atoms. The Morgan fingerprint density at radius 2 is 0.522 bits per heavy atom. The van der Waals surface area contributed by atoms with Gasteiger partial charge in [0.15, 0.2) is 0 Å². The number of nitrogens with zero attached hydrogens (tertiary/aromatic N) is 5. The lowest BCUT2D eigenvalue weighted by Gasteiger charge is -2.27. The van der Waals surface area contributed by atoms with Gasteiger partial charge in [-0.25, -0.2) is 0 Å². The van der Waals surface area contributed by atoms with Crippen LogP contribution in [-0.4, -0.2) is 145 Å². The molecule has 0 radical (unpaired) electrons. The summed E-state index contributed by atoms with van der Waals surface area (Å²) in [6, 6.07) is 108. The number of phenolic OH excluding ortho intramolecular Hbond substituents is 5. The van der Waals surface area contributed by atoms with Crippen LogP contribution in [-0.2, 0) is 5.41 Å². The Morgan fingerprint density at radius 3 is 0.948 bits per heavy atom. The molecule has 0 aliphatic heterocycles. The Morgan fingerprint density at radius 1 is 0.231 bits per heavy atom. The molecule has 0 unspecified atom stereocenters. The molecular formula is C119H125N5O10. The van der Waals surface area contributed by atoms with E-state index in [9.17, 15) is 51.1 Å². The third kappa shape index (κ3) is 24.1. The molecule has 16 rings (SSSR count). The molecule has 15 heteroatoms. The summed E-state index contributed by atoms with van der Waals surface area (Å²) in [4.78, 5) is 22.4. The lowest BCUT2D eigenvalue weighted by atomic mass is 9.77. The predicted molar refractivity (Wildman–Crippen MR) is 560 cm³/mol. The minimum atomic E-state index is -0.316. The maximum Gasteiger partial charge on any atom is 0.132 e. The molecule has 15 nitrogen and oxygen atoms in total. The predicted octanol–water partition coefficient (Wildman–Crippen LogP) is 25.6. The van der Waals surface area contributed by atoms with Gasteiger partial charge >= 0.3 is 0 Å². The van der Waals surface area contributed by atoms with Gasteiger partial charge in [-0.3, -0.25) is 25.0 Å². The number of phenols is 5. The van der Waals surface area contributed by atoms with Crippen LogP contribution in [0.2, 0.25) is 0 Å². The van der Waals surface area contributed by atoms with E-state index in [-0.39, 0.29) is 127 Å². The first-order valence-corrected chi connectivity index (χ1v) is 46.1. The van der Waals surface area contributed by atoms with E-state index >= 15 is 0 Å². The number of aliphatic hydroxyl groups is 5. The third-order valence-electron chi connectivity index (χ3n) is 24.8. The topological polar surface area (TPSA) is 264 Å². The van der Waals surface area contributed by atoms with E-state index in [1.165, 1.54) is 0 Å². The first kappa shape index (κ1) is 99.0. The second-order valence-corrected chi connectivity index (χ2v) is 35.9. The summed E-state index contributed by atoms with van der Waals surface area (Å²) in [7, 11) is 0. The van der Waals surface area contributed by atoms with Gasteiger partial charge in [0.25, 0.3) is 0 Å². The standard InChI is InChI=1S/C32H29NO2.C26H25NO2.C22H23NO2.C21H27NO2.C18H21NO2/c1-21(2)29(20-34)33-19-25-18-24-13-7-9-15-27(24)31(32(25)35)30-26-14-8-6-12-23(26)16-17-28(30)22-10-4-3-5-11-22;1-17(2)24(16-28)27-15-20-14-19-9-4-6-12-22(19)25(26(20)29)23-13-7-10-18-8-3-5-11-21(18)23;1-15(2)21(14-24)23-13-17-9-6-12-20(22(17)25)19-11-5-8-16-7-3-4-10-18(16)19;1-15(2)19(14-23)22-13-16-9-8-12-18(20(16)24)21(3,4)17-10-6-5-7-11-17;1-13(2)17(12-20)19-11-15-9-6-10-16(18(15)21)14-7-4-3-5-8-14/h3-19,21,29,34-35H,20H2,1-2H3;3-15,17,24,28-29H,16H2,1-2H3;3-13,15,21,24-25H,14H2,1-2H3;5-13,15,19,23-24H,14H2,1-4H3;3-11,13,17,20-21H,12H2,1-2H3/t29-;24-;21-;19-;17-/m11111/s1. The van der Waals surface area contributed by atoms with E-state index < -0.39 is 0 Å². The zero-order valence-corrected chi connectivity index (χ0v) is 78.6. The van der Waals surface area contributed by atoms with Crippen LogP contribution in [0, 0.1) is 29.6 Å². The van der Waals surface area contributed by atoms with Crippen LogP contribution < -0.4 is 0 Å². The zero-order chi connectivity index (χ0) is 95.5. The maximum atomic E-state index is 11.7. The second kappa shape index (κ2) is 47.4. The van der Waals surface area contributed by atoms with E-state index in [1.54, 1.807) is 31.1 Å². The summed E-state index contributed by atoms with van der Waals surface area (Å²) >= 11 is 0. The van der Waals surface area contributed by atoms with E-state index in [4.69, 9.17) is 0 Å². The van der Waals surface area contributed by atoms with Crippen molar-refractivity contribution in [2.24, 2.45) is 54.6 Å². The molecule has 0 spiro atoms. The van der Waals surface area contributed by atoms with Gasteiger partial charge in [0.1, 0.15) is 28.7 Å². The van der Waals surface area contributed by atoms with Gasteiger partial charge in [-0.2, -0.15) is 0 Å². The van der Waals surface area contributed by atoms with E-state index in [1.807, 2.05) is 294 Å². The first-order valence-electron chi connectivity index (χ1n) is 46.1. The minimum Gasteiger partial charge on any atom is -0.507 e. The molecule has 0 saturated carbocycles. The Labute approximate surface area is 788 Å². The summed E-state index contributed by atoms with van der Waals surface area (Å²) in [6.45, 7) is 24.4. The molecule has 16 aromatic rings. The molecule has 0 aromatic heterocycles. The number of fused-ring (bicyclic) bond motifs is 5. The molecule has 0 heterocycles. The highest BCUT2D eigenvalue weighted by molar-refractivity contribution is 6.15. The molecule has 0 aliphatic carbocycles. The molecule has 0 fully saturated rings. The SMILES string of the molecule is CC(C)[C@@H](CO)N=Cc1cc2ccccc2c(-c2c(-c3ccccc3)ccc3ccccc23)c1O.CC(C)[C@@H](CO)N=Cc1cc2ccccc2c(-c2cccc3ccccc23)c1O.CC(C)[C@@H](CO)N=Cc1cccc(-c2cccc3ccccc23)c1O.CC(C)[C@@H](CO)N=Cc1cccc(-c2ccccc2)c1O.CC(C)[C@@H](CO)N=Cc1cccc(C(C)(C)c2ccccc2)c1O. The van der Waals surface area contributed by atoms with Crippen LogP contribution in [0.15, 0.2) is 353 Å². The van der Waals surface area contributed by atoms with Crippen LogP contribution in [0.4, 0.5) is 0 Å². The average Bonchev–Trinajstić information content (AvgIpc) is 0.748. The number of rotatable bonds is 27. The van der Waals surface area contributed by atoms with Crippen LogP contribution in [0.5, 0.6) is 28.7 Å². The smallest absolute Gasteiger partial charge is 0.132 e. The number of aliphatic imine (C=N–C) groups is 5. The highest BCUT2D eigenvalue weighted by atomic mass is 16.3. The third-order valence-corrected chi connectivity index (χ3v) is 24.8. The Kier molecular flexibility index (Phi) is 35.0. The Balaban J connectivity index is 0.000000153. The molecule has 686 valence electrons. The van der Waals surface area contributed by atoms with Gasteiger partial charge in [0.05, 0.1) is 63.2 Å². The largest absolute Gasteiger partial charge is 0.507 e. The van der Waals surface area contributed by atoms with Crippen LogP contribution >= 0.6 is 0 Å². The van der Waals surface area contributed by atoms with Gasteiger partial charge in [-0.05, 0) is 147 Å². The van der Waals surface area contributed by atoms with Gasteiger partial charge in [-0.15, -0.1) is 0 Å². The Bertz CT molecular complexity index is 6730. The number of hydrogen-bond acceptors (Lipinski definition) is 15. The van der Waals surface area contributed by atoms with Crippen molar-refractivity contribution < 1.29 is 51.1 Å². The Hall–Kier alpha value is -14.0. The number of hydrogen-bond donors (Lipinski definition) is 10. The number of para-hydroxylation sites is 3.